The molecule has 1 N–H and O–H groups in total. The summed E-state index contributed by atoms with van der Waals surface area (Å²) in [6.07, 6.45) is 1.94. The summed E-state index contributed by atoms with van der Waals surface area (Å²) in [7, 11) is 4.43. The van der Waals surface area contributed by atoms with E-state index in [0.717, 1.165) is 30.4 Å². The summed E-state index contributed by atoms with van der Waals surface area (Å²) in [4.78, 5) is 0. The van der Waals surface area contributed by atoms with E-state index in [2.05, 4.69) is 14.1 Å². The van der Waals surface area contributed by atoms with E-state index in [1.54, 1.807) is 0 Å². The molecule has 2 heteroatoms. The zero-order valence-electron chi connectivity index (χ0n) is 6.30. The molecule has 0 aliphatic carbocycles. The predicted molar refractivity (Wildman–Crippen MR) is 37.1 cm³/mol. The van der Waals surface area contributed by atoms with Crippen LogP contribution >= 0.6 is 0 Å². The summed E-state index contributed by atoms with van der Waals surface area (Å²) in [5.41, 5.74) is 0. The summed E-state index contributed by atoms with van der Waals surface area (Å²) in [6.45, 7) is 2.25. The third-order valence-corrected chi connectivity index (χ3v) is 2.14. The Labute approximate surface area is 56.7 Å². The van der Waals surface area contributed by atoms with Crippen molar-refractivity contribution in [3.63, 3.8) is 0 Å². The van der Waals surface area contributed by atoms with Crippen LogP contribution < -0.4 is 0 Å². The zero-order chi connectivity index (χ0) is 6.91. The summed E-state index contributed by atoms with van der Waals surface area (Å²) in [6, 6.07) is 0. The van der Waals surface area contributed by atoms with Gasteiger partial charge in [0.05, 0.1) is 33.3 Å². The number of aliphatic hydroxyl groups is 1. The first kappa shape index (κ1) is 7.03. The largest absolute Gasteiger partial charge is 0.393 e. The van der Waals surface area contributed by atoms with Crippen molar-refractivity contribution in [3.05, 3.63) is 0 Å². The molecule has 2 nitrogen and oxygen atoms in total. The van der Waals surface area contributed by atoms with Gasteiger partial charge in [0.2, 0.25) is 0 Å². The summed E-state index contributed by atoms with van der Waals surface area (Å²) >= 11 is 0. The van der Waals surface area contributed by atoms with Crippen LogP contribution in [0.25, 0.3) is 0 Å². The van der Waals surface area contributed by atoms with E-state index in [9.17, 15) is 0 Å². The van der Waals surface area contributed by atoms with Crippen LogP contribution in [0.1, 0.15) is 12.8 Å². The molecule has 1 heterocycles. The maximum absolute atomic E-state index is 9.13. The molecule has 0 aromatic heterocycles. The lowest BCUT2D eigenvalue weighted by Gasteiger charge is -2.35. The first-order chi connectivity index (χ1) is 4.10. The van der Waals surface area contributed by atoms with E-state index in [1.165, 1.54) is 0 Å². The van der Waals surface area contributed by atoms with Gasteiger partial charge in [-0.2, -0.15) is 0 Å². The fourth-order valence-electron chi connectivity index (χ4n) is 1.25. The number of rotatable bonds is 0. The molecule has 0 aromatic carbocycles. The fraction of sp³-hybridized carbons (Fsp3) is 1.00. The van der Waals surface area contributed by atoms with Crippen molar-refractivity contribution in [3.8, 4) is 0 Å². The number of hydrogen-bond acceptors (Lipinski definition) is 1. The molecular formula is C7H16NO+. The van der Waals surface area contributed by atoms with Gasteiger partial charge < -0.3 is 9.59 Å². The van der Waals surface area contributed by atoms with Crippen molar-refractivity contribution >= 4 is 0 Å². The van der Waals surface area contributed by atoms with Crippen molar-refractivity contribution in [1.82, 2.24) is 0 Å². The van der Waals surface area contributed by atoms with Gasteiger partial charge >= 0.3 is 0 Å². The van der Waals surface area contributed by atoms with E-state index >= 15 is 0 Å². The number of piperidine rings is 1. The molecule has 54 valence electrons. The Morgan fingerprint density at radius 3 is 2.00 bits per heavy atom. The average Bonchev–Trinajstić information content (AvgIpc) is 1.78. The van der Waals surface area contributed by atoms with Crippen LogP contribution in [-0.4, -0.2) is 42.9 Å². The van der Waals surface area contributed by atoms with Gasteiger partial charge in [-0.3, -0.25) is 0 Å². The van der Waals surface area contributed by atoms with Gasteiger partial charge in [-0.05, 0) is 0 Å². The van der Waals surface area contributed by atoms with E-state index in [4.69, 9.17) is 5.11 Å². The highest BCUT2D eigenvalue weighted by molar-refractivity contribution is 4.59. The Bertz CT molecular complexity index is 91.1. The second-order valence-electron chi connectivity index (χ2n) is 3.61. The minimum atomic E-state index is -0.0175. The molecule has 9 heavy (non-hydrogen) atoms. The van der Waals surface area contributed by atoms with Gasteiger partial charge in [0.25, 0.3) is 0 Å². The van der Waals surface area contributed by atoms with E-state index in [1.807, 2.05) is 0 Å². The lowest BCUT2D eigenvalue weighted by molar-refractivity contribution is -0.896. The van der Waals surface area contributed by atoms with E-state index < -0.39 is 0 Å². The molecule has 0 radical (unpaired) electrons. The second-order valence-corrected chi connectivity index (χ2v) is 3.61. The third-order valence-electron chi connectivity index (χ3n) is 2.14. The summed E-state index contributed by atoms with van der Waals surface area (Å²) < 4.78 is 1.08. The first-order valence-electron chi connectivity index (χ1n) is 3.60. The smallest absolute Gasteiger partial charge is 0.0807 e. The summed E-state index contributed by atoms with van der Waals surface area (Å²) in [5.74, 6) is 0. The molecule has 1 saturated heterocycles. The van der Waals surface area contributed by atoms with Gasteiger partial charge in [-0.1, -0.05) is 0 Å². The Morgan fingerprint density at radius 2 is 1.67 bits per heavy atom. The van der Waals surface area contributed by atoms with Crippen LogP contribution in [-0.2, 0) is 0 Å². The number of likely N-dealkylation sites (tertiary alicyclic amines) is 1. The van der Waals surface area contributed by atoms with Crippen LogP contribution in [0, 0.1) is 0 Å². The standard InChI is InChI=1S/C7H16NO/c1-8(2)5-3-7(9)4-6-8/h7,9H,3-6H2,1-2H3/q+1. The topological polar surface area (TPSA) is 20.2 Å². The van der Waals surface area contributed by atoms with Gasteiger partial charge in [0.1, 0.15) is 0 Å². The molecule has 0 atom stereocenters. The van der Waals surface area contributed by atoms with Gasteiger partial charge in [0.15, 0.2) is 0 Å². The summed E-state index contributed by atoms with van der Waals surface area (Å²) in [5, 5.41) is 9.13. The highest BCUT2D eigenvalue weighted by Crippen LogP contribution is 2.13. The van der Waals surface area contributed by atoms with Gasteiger partial charge in [-0.25, -0.2) is 0 Å². The van der Waals surface area contributed by atoms with Crippen molar-refractivity contribution in [2.24, 2.45) is 0 Å². The highest BCUT2D eigenvalue weighted by atomic mass is 16.3. The molecule has 1 fully saturated rings. The van der Waals surface area contributed by atoms with Crippen molar-refractivity contribution < 1.29 is 9.59 Å². The quantitative estimate of drug-likeness (QED) is 0.465. The second kappa shape index (κ2) is 2.27. The van der Waals surface area contributed by atoms with Crippen LogP contribution in [0.2, 0.25) is 0 Å². The lowest BCUT2D eigenvalue weighted by atomic mass is 10.1. The Kier molecular flexibility index (Phi) is 1.78. The monoisotopic (exact) mass is 130 g/mol. The molecule has 1 aliphatic rings. The molecule has 0 aromatic rings. The normalized spacial score (nSPS) is 28.3. The number of aliphatic hydroxyl groups excluding tert-OH is 1. The molecule has 0 saturated carbocycles. The molecule has 1 aliphatic heterocycles. The highest BCUT2D eigenvalue weighted by Gasteiger charge is 2.23. The van der Waals surface area contributed by atoms with Crippen LogP contribution in [0.5, 0.6) is 0 Å². The molecular weight excluding hydrogens is 114 g/mol. The number of hydrogen-bond donors (Lipinski definition) is 1. The van der Waals surface area contributed by atoms with Crippen molar-refractivity contribution in [1.29, 1.82) is 0 Å². The Morgan fingerprint density at radius 1 is 1.22 bits per heavy atom. The number of nitrogens with zero attached hydrogens (tertiary/aromatic N) is 1. The third kappa shape index (κ3) is 1.95. The lowest BCUT2D eigenvalue weighted by Crippen LogP contribution is -2.47. The molecule has 0 amide bonds. The average molecular weight is 130 g/mol. The van der Waals surface area contributed by atoms with Crippen LogP contribution in [0.15, 0.2) is 0 Å². The molecule has 0 spiro atoms. The molecule has 1 rings (SSSR count). The minimum absolute atomic E-state index is 0.0175. The SMILES string of the molecule is C[N+]1(C)CCC(O)CC1. The molecule has 0 unspecified atom stereocenters. The van der Waals surface area contributed by atoms with Crippen LogP contribution in [0.4, 0.5) is 0 Å². The first-order valence-corrected chi connectivity index (χ1v) is 3.60. The van der Waals surface area contributed by atoms with E-state index in [0.29, 0.717) is 0 Å². The van der Waals surface area contributed by atoms with Crippen LogP contribution in [0.3, 0.4) is 0 Å². The Balaban J connectivity index is 2.35. The predicted octanol–water partition coefficient (Wildman–Crippen LogP) is 0.217. The van der Waals surface area contributed by atoms with Gasteiger partial charge in [-0.15, -0.1) is 0 Å². The van der Waals surface area contributed by atoms with Crippen molar-refractivity contribution in [2.45, 2.75) is 18.9 Å². The fourth-order valence-corrected chi connectivity index (χ4v) is 1.25. The van der Waals surface area contributed by atoms with E-state index in [-0.39, 0.29) is 6.10 Å². The maximum Gasteiger partial charge on any atom is 0.0807 e. The Hall–Kier alpha value is -0.0800. The maximum atomic E-state index is 9.13. The minimum Gasteiger partial charge on any atom is -0.393 e. The zero-order valence-corrected chi connectivity index (χ0v) is 6.30. The van der Waals surface area contributed by atoms with Gasteiger partial charge in [0, 0.05) is 12.8 Å². The van der Waals surface area contributed by atoms with Crippen molar-refractivity contribution in [2.75, 3.05) is 27.2 Å². The molecule has 0 bridgehead atoms. The number of quaternary nitrogens is 1.